The van der Waals surface area contributed by atoms with E-state index in [-0.39, 0.29) is 16.2 Å². The lowest BCUT2D eigenvalue weighted by molar-refractivity contribution is 0.587. The Morgan fingerprint density at radius 3 is 1.89 bits per heavy atom. The quantitative estimate of drug-likeness (QED) is 0.180. The average Bonchev–Trinajstić information content (AvgIpc) is 3.85. The molecule has 2 aliphatic rings. The average molecular weight is 730 g/mol. The van der Waals surface area contributed by atoms with Crippen molar-refractivity contribution in [2.75, 3.05) is 4.90 Å². The van der Waals surface area contributed by atoms with Gasteiger partial charge in [0.25, 0.3) is 0 Å². The van der Waals surface area contributed by atoms with Crippen molar-refractivity contribution >= 4 is 70.5 Å². The Balaban J connectivity index is 1.12. The molecular formula is C52H43NOS. The molecule has 0 saturated carbocycles. The number of fused-ring (bicyclic) bond motifs is 12. The van der Waals surface area contributed by atoms with E-state index < -0.39 is 0 Å². The van der Waals surface area contributed by atoms with Gasteiger partial charge >= 0.3 is 0 Å². The third kappa shape index (κ3) is 4.60. The summed E-state index contributed by atoms with van der Waals surface area (Å²) in [4.78, 5) is 2.48. The first-order valence-electron chi connectivity index (χ1n) is 19.5. The summed E-state index contributed by atoms with van der Waals surface area (Å²) < 4.78 is 9.23. The van der Waals surface area contributed by atoms with Crippen LogP contribution in [0.15, 0.2) is 138 Å². The van der Waals surface area contributed by atoms with Crippen LogP contribution in [0.2, 0.25) is 0 Å². The first-order valence-corrected chi connectivity index (χ1v) is 20.3. The van der Waals surface area contributed by atoms with Crippen molar-refractivity contribution in [3.63, 3.8) is 0 Å². The Bertz CT molecular complexity index is 3090. The van der Waals surface area contributed by atoms with E-state index in [0.29, 0.717) is 0 Å². The third-order valence-corrected chi connectivity index (χ3v) is 14.0. The highest BCUT2D eigenvalue weighted by molar-refractivity contribution is 7.25. The monoisotopic (exact) mass is 729 g/mol. The molecule has 0 unspecified atom stereocenters. The number of hydrogen-bond acceptors (Lipinski definition) is 3. The number of furan rings is 1. The van der Waals surface area contributed by atoms with E-state index in [1.807, 2.05) is 11.3 Å². The van der Waals surface area contributed by atoms with Crippen LogP contribution >= 0.6 is 11.3 Å². The summed E-state index contributed by atoms with van der Waals surface area (Å²) in [6, 6.07) is 50.4. The van der Waals surface area contributed by atoms with Gasteiger partial charge in [-0.25, -0.2) is 0 Å². The second-order valence-corrected chi connectivity index (χ2v) is 18.9. The van der Waals surface area contributed by atoms with E-state index in [0.717, 1.165) is 22.5 Å². The number of benzene rings is 7. The molecule has 9 aromatic rings. The van der Waals surface area contributed by atoms with Crippen LogP contribution in [-0.4, -0.2) is 0 Å². The number of nitrogens with zero attached hydrogens (tertiary/aromatic N) is 1. The molecule has 11 rings (SSSR count). The Kier molecular flexibility index (Phi) is 6.54. The van der Waals surface area contributed by atoms with Gasteiger partial charge in [0.15, 0.2) is 0 Å². The molecule has 0 amide bonds. The Morgan fingerprint density at radius 1 is 0.455 bits per heavy atom. The van der Waals surface area contributed by atoms with Crippen molar-refractivity contribution in [3.05, 3.63) is 161 Å². The summed E-state index contributed by atoms with van der Waals surface area (Å²) in [6.07, 6.45) is 0. The molecule has 55 heavy (non-hydrogen) atoms. The zero-order valence-electron chi connectivity index (χ0n) is 32.5. The Morgan fingerprint density at radius 2 is 1.05 bits per heavy atom. The molecule has 0 atom stereocenters. The van der Waals surface area contributed by atoms with Crippen molar-refractivity contribution < 1.29 is 4.42 Å². The van der Waals surface area contributed by atoms with Crippen LogP contribution in [0.1, 0.15) is 76.3 Å². The second kappa shape index (κ2) is 11.0. The highest BCUT2D eigenvalue weighted by Gasteiger charge is 2.38. The lowest BCUT2D eigenvalue weighted by Crippen LogP contribution is -2.17. The molecule has 0 bridgehead atoms. The van der Waals surface area contributed by atoms with Crippen LogP contribution in [0, 0.1) is 0 Å². The number of hydrogen-bond donors (Lipinski definition) is 0. The van der Waals surface area contributed by atoms with Crippen LogP contribution in [0.3, 0.4) is 0 Å². The topological polar surface area (TPSA) is 16.4 Å². The first-order chi connectivity index (χ1) is 26.4. The van der Waals surface area contributed by atoms with Gasteiger partial charge < -0.3 is 9.32 Å². The summed E-state index contributed by atoms with van der Waals surface area (Å²) in [5.74, 6) is 0. The Hall–Kier alpha value is -5.64. The fraction of sp³-hybridized carbons (Fsp3) is 0.192. The predicted octanol–water partition coefficient (Wildman–Crippen LogP) is 15.3. The van der Waals surface area contributed by atoms with Crippen LogP contribution in [0.25, 0.3) is 64.4 Å². The zero-order valence-corrected chi connectivity index (χ0v) is 33.3. The van der Waals surface area contributed by atoms with E-state index in [9.17, 15) is 0 Å². The minimum Gasteiger partial charge on any atom is -0.456 e. The highest BCUT2D eigenvalue weighted by atomic mass is 32.1. The Labute approximate surface area is 326 Å². The van der Waals surface area contributed by atoms with Crippen molar-refractivity contribution in [1.82, 2.24) is 0 Å². The molecule has 7 aromatic carbocycles. The molecule has 2 heterocycles. The van der Waals surface area contributed by atoms with E-state index >= 15 is 0 Å². The zero-order chi connectivity index (χ0) is 37.6. The third-order valence-electron chi connectivity index (χ3n) is 12.8. The molecule has 268 valence electrons. The summed E-state index contributed by atoms with van der Waals surface area (Å²) in [5, 5.41) is 4.98. The van der Waals surface area contributed by atoms with Crippen molar-refractivity contribution in [3.8, 4) is 22.3 Å². The van der Waals surface area contributed by atoms with Gasteiger partial charge in [-0.15, -0.1) is 11.3 Å². The molecule has 2 nitrogen and oxygen atoms in total. The van der Waals surface area contributed by atoms with Gasteiger partial charge in [-0.2, -0.15) is 0 Å². The fourth-order valence-electron chi connectivity index (χ4n) is 9.75. The maximum absolute atomic E-state index is 6.61. The molecule has 0 spiro atoms. The number of anilines is 3. The lowest BCUT2D eigenvalue weighted by Gasteiger charge is -2.29. The second-order valence-electron chi connectivity index (χ2n) is 17.8. The standard InChI is InChI=1S/C52H43NOS/c1-50(2,3)30-16-20-36-41-28-40-39-25-31(19-23-43(39)52(6,7)45(40)29-47(41)54-46(36)24-30)53(33-18-22-38-37-13-9-11-15-48(37)55-49(38)27-33)32-17-21-35-34-12-8-10-14-42(34)51(4,5)44(35)26-32/h8-29H,1-7H3. The van der Waals surface area contributed by atoms with E-state index in [1.165, 1.54) is 86.7 Å². The smallest absolute Gasteiger partial charge is 0.135 e. The minimum absolute atomic E-state index is 0.0538. The molecule has 2 aliphatic carbocycles. The van der Waals surface area contributed by atoms with E-state index in [1.54, 1.807) is 0 Å². The highest BCUT2D eigenvalue weighted by Crippen LogP contribution is 2.54. The predicted molar refractivity (Wildman–Crippen MR) is 235 cm³/mol. The van der Waals surface area contributed by atoms with Gasteiger partial charge in [-0.1, -0.05) is 121 Å². The van der Waals surface area contributed by atoms with Gasteiger partial charge in [0.2, 0.25) is 0 Å². The molecule has 0 N–H and O–H groups in total. The van der Waals surface area contributed by atoms with Crippen LogP contribution in [0.4, 0.5) is 17.1 Å². The van der Waals surface area contributed by atoms with Gasteiger partial charge in [0, 0.05) is 58.8 Å². The van der Waals surface area contributed by atoms with Crippen molar-refractivity contribution in [2.24, 2.45) is 0 Å². The molecule has 0 fully saturated rings. The molecule has 2 aromatic heterocycles. The lowest BCUT2D eigenvalue weighted by atomic mass is 9.82. The van der Waals surface area contributed by atoms with Crippen molar-refractivity contribution in [1.29, 1.82) is 0 Å². The molecule has 0 aliphatic heterocycles. The largest absolute Gasteiger partial charge is 0.456 e. The van der Waals surface area contributed by atoms with Gasteiger partial charge in [-0.05, 0) is 116 Å². The normalized spacial score (nSPS) is 15.1. The van der Waals surface area contributed by atoms with E-state index in [2.05, 4.69) is 187 Å². The molecule has 0 radical (unpaired) electrons. The fourth-order valence-corrected chi connectivity index (χ4v) is 10.9. The van der Waals surface area contributed by atoms with Crippen LogP contribution in [-0.2, 0) is 16.2 Å². The number of thiophene rings is 1. The summed E-state index contributed by atoms with van der Waals surface area (Å²) >= 11 is 1.87. The SMILES string of the molecule is CC(C)(C)c1ccc2c(c1)oc1cc3c(cc12)-c1cc(N(c2ccc4c(c2)C(C)(C)c2ccccc2-4)c2ccc4c(c2)sc2ccccc24)ccc1C3(C)C. The summed E-state index contributed by atoms with van der Waals surface area (Å²) in [7, 11) is 0. The molecular weight excluding hydrogens is 687 g/mol. The van der Waals surface area contributed by atoms with Gasteiger partial charge in [0.1, 0.15) is 11.2 Å². The maximum atomic E-state index is 6.61. The van der Waals surface area contributed by atoms with Crippen LogP contribution in [0.5, 0.6) is 0 Å². The van der Waals surface area contributed by atoms with Gasteiger partial charge in [-0.3, -0.25) is 0 Å². The summed E-state index contributed by atoms with van der Waals surface area (Å²) in [5.41, 5.74) is 17.2. The summed E-state index contributed by atoms with van der Waals surface area (Å²) in [6.45, 7) is 16.2. The van der Waals surface area contributed by atoms with Crippen LogP contribution < -0.4 is 4.90 Å². The molecule has 3 heteroatoms. The van der Waals surface area contributed by atoms with Gasteiger partial charge in [0.05, 0.1) is 0 Å². The van der Waals surface area contributed by atoms with E-state index in [4.69, 9.17) is 4.42 Å². The first kappa shape index (κ1) is 32.8. The minimum atomic E-state index is -0.170. The van der Waals surface area contributed by atoms with Crippen molar-refractivity contribution in [2.45, 2.75) is 64.7 Å². The maximum Gasteiger partial charge on any atom is 0.135 e. The number of rotatable bonds is 3. The molecule has 0 saturated heterocycles.